The number of piperazine rings is 1. The van der Waals surface area contributed by atoms with Crippen molar-refractivity contribution < 1.29 is 9.90 Å². The molecule has 2 aliphatic rings. The highest BCUT2D eigenvalue weighted by Crippen LogP contribution is 2.18. The van der Waals surface area contributed by atoms with Gasteiger partial charge in [0.25, 0.3) is 0 Å². The van der Waals surface area contributed by atoms with Gasteiger partial charge in [0, 0.05) is 45.3 Å². The predicted molar refractivity (Wildman–Crippen MR) is 90.9 cm³/mol. The van der Waals surface area contributed by atoms with Gasteiger partial charge in [-0.15, -0.1) is 0 Å². The summed E-state index contributed by atoms with van der Waals surface area (Å²) in [7, 11) is 2.12. The Labute approximate surface area is 137 Å². The summed E-state index contributed by atoms with van der Waals surface area (Å²) < 4.78 is 0. The van der Waals surface area contributed by atoms with Crippen molar-refractivity contribution in [3.63, 3.8) is 0 Å². The number of carbonyl (C=O) groups excluding carboxylic acids is 1. The molecule has 5 nitrogen and oxygen atoms in total. The van der Waals surface area contributed by atoms with Crippen molar-refractivity contribution in [1.29, 1.82) is 0 Å². The van der Waals surface area contributed by atoms with Crippen LogP contribution in [-0.4, -0.2) is 84.2 Å². The van der Waals surface area contributed by atoms with Crippen molar-refractivity contribution in [1.82, 2.24) is 14.7 Å². The van der Waals surface area contributed by atoms with Crippen LogP contribution < -0.4 is 0 Å². The number of nitrogens with zero attached hydrogens (tertiary/aromatic N) is 3. The van der Waals surface area contributed by atoms with Gasteiger partial charge in [0.05, 0.1) is 12.1 Å². The molecule has 2 fully saturated rings. The molecule has 0 aliphatic carbocycles. The monoisotopic (exact) mass is 315 g/mol. The van der Waals surface area contributed by atoms with E-state index in [1.807, 2.05) is 36.4 Å². The molecule has 2 aliphatic heterocycles. The predicted octanol–water partition coefficient (Wildman–Crippen LogP) is 0.519. The third kappa shape index (κ3) is 3.99. The topological polar surface area (TPSA) is 47.0 Å². The van der Waals surface area contributed by atoms with Crippen LogP contribution >= 0.6 is 0 Å². The van der Waals surface area contributed by atoms with Gasteiger partial charge < -0.3 is 14.9 Å². The molecule has 0 spiro atoms. The first-order chi connectivity index (χ1) is 11.1. The number of hydrogen-bond donors (Lipinski definition) is 1. The van der Waals surface area contributed by atoms with E-state index < -0.39 is 6.10 Å². The van der Waals surface area contributed by atoms with Crippen LogP contribution in [0.15, 0.2) is 36.4 Å². The van der Waals surface area contributed by atoms with Crippen LogP contribution in [0.4, 0.5) is 0 Å². The fourth-order valence-electron chi connectivity index (χ4n) is 3.30. The second-order valence-corrected chi connectivity index (χ2v) is 6.46. The summed E-state index contributed by atoms with van der Waals surface area (Å²) in [5, 5.41) is 10.3. The molecule has 2 atom stereocenters. The molecule has 0 saturated carbocycles. The van der Waals surface area contributed by atoms with Gasteiger partial charge in [0.15, 0.2) is 0 Å². The van der Waals surface area contributed by atoms with E-state index in [9.17, 15) is 9.90 Å². The first-order valence-corrected chi connectivity index (χ1v) is 8.26. The molecular weight excluding hydrogens is 290 g/mol. The van der Waals surface area contributed by atoms with Crippen molar-refractivity contribution >= 4 is 12.0 Å². The van der Waals surface area contributed by atoms with Crippen molar-refractivity contribution in [2.45, 2.75) is 12.1 Å². The fourth-order valence-corrected chi connectivity index (χ4v) is 3.30. The Morgan fingerprint density at radius 1 is 1.13 bits per heavy atom. The summed E-state index contributed by atoms with van der Waals surface area (Å²) in [6, 6.07) is 9.86. The van der Waals surface area contributed by atoms with E-state index in [0.717, 1.165) is 31.7 Å². The number of aliphatic hydroxyl groups is 1. The number of carbonyl (C=O) groups is 1. The van der Waals surface area contributed by atoms with E-state index in [0.29, 0.717) is 13.1 Å². The number of likely N-dealkylation sites (N-methyl/N-ethyl adjacent to an activating group) is 1. The lowest BCUT2D eigenvalue weighted by molar-refractivity contribution is -0.125. The van der Waals surface area contributed by atoms with E-state index in [-0.39, 0.29) is 11.9 Å². The Bertz CT molecular complexity index is 553. The van der Waals surface area contributed by atoms with Gasteiger partial charge in [-0.05, 0) is 18.7 Å². The van der Waals surface area contributed by atoms with Crippen molar-refractivity contribution in [3.05, 3.63) is 42.0 Å². The van der Waals surface area contributed by atoms with Crippen LogP contribution in [0.3, 0.4) is 0 Å². The highest BCUT2D eigenvalue weighted by atomic mass is 16.3. The molecule has 0 aromatic heterocycles. The Hall–Kier alpha value is -1.69. The molecule has 0 bridgehead atoms. The minimum atomic E-state index is -0.451. The number of likely N-dealkylation sites (tertiary alicyclic amines) is 1. The molecule has 1 N–H and O–H groups in total. The van der Waals surface area contributed by atoms with Crippen LogP contribution in [0.1, 0.15) is 5.56 Å². The largest absolute Gasteiger partial charge is 0.390 e. The maximum Gasteiger partial charge on any atom is 0.246 e. The Morgan fingerprint density at radius 2 is 1.83 bits per heavy atom. The van der Waals surface area contributed by atoms with Gasteiger partial charge in [-0.1, -0.05) is 30.3 Å². The molecule has 3 rings (SSSR count). The summed E-state index contributed by atoms with van der Waals surface area (Å²) in [5.74, 6) is -0.0236. The van der Waals surface area contributed by atoms with Gasteiger partial charge in [0.2, 0.25) is 5.91 Å². The molecule has 5 heteroatoms. The third-order valence-electron chi connectivity index (χ3n) is 4.80. The maximum absolute atomic E-state index is 12.3. The lowest BCUT2D eigenvalue weighted by Crippen LogP contribution is -2.52. The SMILES string of the molecule is CN1CCN([C@@H]2CN(C(=O)/C=C/c3ccccc3)C[C@H]2O)CC1. The Morgan fingerprint density at radius 3 is 2.52 bits per heavy atom. The van der Waals surface area contributed by atoms with Crippen LogP contribution in [0.5, 0.6) is 0 Å². The zero-order valence-corrected chi connectivity index (χ0v) is 13.6. The van der Waals surface area contributed by atoms with E-state index in [1.54, 1.807) is 11.0 Å². The molecule has 1 amide bonds. The highest BCUT2D eigenvalue weighted by Gasteiger charge is 2.37. The quantitative estimate of drug-likeness (QED) is 0.826. The molecule has 2 saturated heterocycles. The summed E-state index contributed by atoms with van der Waals surface area (Å²) in [6.07, 6.45) is 2.99. The normalized spacial score (nSPS) is 27.0. The molecule has 2 heterocycles. The van der Waals surface area contributed by atoms with E-state index in [1.165, 1.54) is 0 Å². The summed E-state index contributed by atoms with van der Waals surface area (Å²) in [5.41, 5.74) is 1.01. The third-order valence-corrected chi connectivity index (χ3v) is 4.80. The van der Waals surface area contributed by atoms with Crippen LogP contribution in [0.2, 0.25) is 0 Å². The molecule has 1 aromatic carbocycles. The van der Waals surface area contributed by atoms with Crippen LogP contribution in [-0.2, 0) is 4.79 Å². The first-order valence-electron chi connectivity index (χ1n) is 8.26. The molecule has 1 aromatic rings. The van der Waals surface area contributed by atoms with Gasteiger partial charge in [-0.2, -0.15) is 0 Å². The summed E-state index contributed by atoms with van der Waals surface area (Å²) >= 11 is 0. The number of hydrogen-bond acceptors (Lipinski definition) is 4. The zero-order chi connectivity index (χ0) is 16.2. The highest BCUT2D eigenvalue weighted by molar-refractivity contribution is 5.92. The summed E-state index contributed by atoms with van der Waals surface area (Å²) in [6.45, 7) is 4.99. The van der Waals surface area contributed by atoms with E-state index in [2.05, 4.69) is 16.8 Å². The number of amides is 1. The minimum absolute atomic E-state index is 0.0236. The van der Waals surface area contributed by atoms with Gasteiger partial charge in [-0.25, -0.2) is 0 Å². The van der Waals surface area contributed by atoms with E-state index in [4.69, 9.17) is 0 Å². The second kappa shape index (κ2) is 7.25. The zero-order valence-electron chi connectivity index (χ0n) is 13.6. The molecule has 0 radical (unpaired) electrons. The summed E-state index contributed by atoms with van der Waals surface area (Å²) in [4.78, 5) is 18.7. The average Bonchev–Trinajstić information content (AvgIpc) is 2.96. The van der Waals surface area contributed by atoms with Gasteiger partial charge >= 0.3 is 0 Å². The van der Waals surface area contributed by atoms with Crippen molar-refractivity contribution in [2.75, 3.05) is 46.3 Å². The van der Waals surface area contributed by atoms with Crippen molar-refractivity contribution in [2.24, 2.45) is 0 Å². The average molecular weight is 315 g/mol. The first kappa shape index (κ1) is 16.2. The van der Waals surface area contributed by atoms with Gasteiger partial charge in [-0.3, -0.25) is 9.69 Å². The smallest absolute Gasteiger partial charge is 0.246 e. The molecule has 0 unspecified atom stereocenters. The molecule has 23 heavy (non-hydrogen) atoms. The van der Waals surface area contributed by atoms with Crippen molar-refractivity contribution in [3.8, 4) is 0 Å². The minimum Gasteiger partial charge on any atom is -0.390 e. The number of benzene rings is 1. The standard InChI is InChI=1S/C18H25N3O2/c1-19-9-11-20(12-10-19)16-13-21(14-17(16)22)18(23)8-7-15-5-3-2-4-6-15/h2-8,16-17,22H,9-14H2,1H3/b8-7+/t16-,17-/m1/s1. The van der Waals surface area contributed by atoms with Crippen LogP contribution in [0.25, 0.3) is 6.08 Å². The molecule has 124 valence electrons. The maximum atomic E-state index is 12.3. The Balaban J connectivity index is 1.57. The van der Waals surface area contributed by atoms with Gasteiger partial charge in [0.1, 0.15) is 0 Å². The van der Waals surface area contributed by atoms with E-state index >= 15 is 0 Å². The second-order valence-electron chi connectivity index (χ2n) is 6.46. The number of aliphatic hydroxyl groups excluding tert-OH is 1. The van der Waals surface area contributed by atoms with Crippen LogP contribution in [0, 0.1) is 0 Å². The molecular formula is C18H25N3O2. The fraction of sp³-hybridized carbons (Fsp3) is 0.500. The number of rotatable bonds is 3. The lowest BCUT2D eigenvalue weighted by atomic mass is 10.1. The Kier molecular flexibility index (Phi) is 5.10. The lowest BCUT2D eigenvalue weighted by Gasteiger charge is -2.37. The number of β-amino-alcohol motifs (C(OH)–C–C–N with tert-alkyl or cyclic N) is 1.